The molecule has 0 aromatic carbocycles. The minimum atomic E-state index is -1.43. The average molecular weight is 251 g/mol. The minimum absolute atomic E-state index is 0.203. The van der Waals surface area contributed by atoms with Gasteiger partial charge in [0.15, 0.2) is 0 Å². The van der Waals surface area contributed by atoms with Crippen LogP contribution in [0.2, 0.25) is 0 Å². The van der Waals surface area contributed by atoms with Crippen molar-refractivity contribution >= 4 is 5.91 Å². The van der Waals surface area contributed by atoms with Gasteiger partial charge < -0.3 is 5.11 Å². The van der Waals surface area contributed by atoms with Crippen LogP contribution in [0.5, 0.6) is 0 Å². The van der Waals surface area contributed by atoms with E-state index in [9.17, 15) is 9.90 Å². The third-order valence-corrected chi connectivity index (χ3v) is 2.67. The maximum Gasteiger partial charge on any atom is 0.278 e. The van der Waals surface area contributed by atoms with Gasteiger partial charge in [-0.05, 0) is 26.3 Å². The molecular formula is C14H21NO3. The fraction of sp³-hybridized carbons (Fsp3) is 0.500. The van der Waals surface area contributed by atoms with Gasteiger partial charge in [-0.2, -0.15) is 0 Å². The highest BCUT2D eigenvalue weighted by Gasteiger charge is 2.38. The van der Waals surface area contributed by atoms with Crippen LogP contribution in [0.25, 0.3) is 0 Å². The largest absolute Gasteiger partial charge is 0.381 e. The summed E-state index contributed by atoms with van der Waals surface area (Å²) in [5, 5.41) is 11.0. The molecule has 1 rings (SSSR count). The molecule has 0 aromatic heterocycles. The highest BCUT2D eigenvalue weighted by molar-refractivity contribution is 5.84. The predicted octanol–water partition coefficient (Wildman–Crippen LogP) is 1.98. The molecule has 1 amide bonds. The zero-order valence-electron chi connectivity index (χ0n) is 11.2. The summed E-state index contributed by atoms with van der Waals surface area (Å²) in [5.41, 5.74) is -0.640. The van der Waals surface area contributed by atoms with Gasteiger partial charge >= 0.3 is 0 Å². The molecule has 1 aliphatic heterocycles. The maximum absolute atomic E-state index is 12.0. The SMILES string of the molecule is C=C(/C=C\C=C/C)[C@@H]1CCON1C(=O)C(C)(C)O. The number of carbonyl (C=O) groups excluding carboxylic acids is 1. The molecule has 0 bridgehead atoms. The van der Waals surface area contributed by atoms with E-state index in [1.807, 2.05) is 31.2 Å². The minimum Gasteiger partial charge on any atom is -0.381 e. The molecule has 1 N–H and O–H groups in total. The third-order valence-electron chi connectivity index (χ3n) is 2.67. The van der Waals surface area contributed by atoms with Gasteiger partial charge in [0, 0.05) is 6.42 Å². The van der Waals surface area contributed by atoms with Crippen LogP contribution in [-0.4, -0.2) is 34.3 Å². The zero-order chi connectivity index (χ0) is 13.8. The van der Waals surface area contributed by atoms with Gasteiger partial charge in [-0.1, -0.05) is 30.9 Å². The van der Waals surface area contributed by atoms with Crippen LogP contribution in [0.1, 0.15) is 27.2 Å². The number of nitrogens with zero attached hydrogens (tertiary/aromatic N) is 1. The number of amides is 1. The van der Waals surface area contributed by atoms with E-state index in [4.69, 9.17) is 4.84 Å². The van der Waals surface area contributed by atoms with Crippen LogP contribution < -0.4 is 0 Å². The lowest BCUT2D eigenvalue weighted by Crippen LogP contribution is -2.47. The molecule has 0 aromatic rings. The molecule has 1 fully saturated rings. The molecule has 100 valence electrons. The Balaban J connectivity index is 2.76. The van der Waals surface area contributed by atoms with E-state index in [0.717, 1.165) is 5.57 Å². The summed E-state index contributed by atoms with van der Waals surface area (Å²) in [7, 11) is 0. The first kappa shape index (κ1) is 14.7. The Morgan fingerprint density at radius 1 is 1.50 bits per heavy atom. The summed E-state index contributed by atoms with van der Waals surface area (Å²) < 4.78 is 0. The fourth-order valence-corrected chi connectivity index (χ4v) is 1.68. The first-order valence-corrected chi connectivity index (χ1v) is 6.05. The van der Waals surface area contributed by atoms with Crippen molar-refractivity contribution in [3.63, 3.8) is 0 Å². The number of hydrogen-bond acceptors (Lipinski definition) is 3. The molecule has 4 heteroatoms. The van der Waals surface area contributed by atoms with Crippen molar-refractivity contribution in [1.29, 1.82) is 0 Å². The van der Waals surface area contributed by atoms with Crippen molar-refractivity contribution in [3.05, 3.63) is 36.5 Å². The van der Waals surface area contributed by atoms with Crippen molar-refractivity contribution < 1.29 is 14.7 Å². The van der Waals surface area contributed by atoms with Gasteiger partial charge in [0.2, 0.25) is 0 Å². The number of aliphatic hydroxyl groups is 1. The summed E-state index contributed by atoms with van der Waals surface area (Å²) in [6.45, 7) is 9.24. The van der Waals surface area contributed by atoms with Gasteiger partial charge in [-0.25, -0.2) is 5.06 Å². The van der Waals surface area contributed by atoms with Crippen molar-refractivity contribution in [1.82, 2.24) is 5.06 Å². The Labute approximate surface area is 108 Å². The summed E-state index contributed by atoms with van der Waals surface area (Å²) in [4.78, 5) is 17.3. The van der Waals surface area contributed by atoms with E-state index in [1.165, 1.54) is 18.9 Å². The van der Waals surface area contributed by atoms with Gasteiger partial charge in [0.25, 0.3) is 5.91 Å². The molecule has 4 nitrogen and oxygen atoms in total. The zero-order valence-corrected chi connectivity index (χ0v) is 11.2. The van der Waals surface area contributed by atoms with E-state index in [1.54, 1.807) is 0 Å². The Kier molecular flexibility index (Phi) is 4.87. The Morgan fingerprint density at radius 3 is 2.72 bits per heavy atom. The van der Waals surface area contributed by atoms with E-state index in [0.29, 0.717) is 13.0 Å². The molecule has 0 radical (unpaired) electrons. The van der Waals surface area contributed by atoms with E-state index in [2.05, 4.69) is 6.58 Å². The van der Waals surface area contributed by atoms with E-state index >= 15 is 0 Å². The van der Waals surface area contributed by atoms with E-state index in [-0.39, 0.29) is 6.04 Å². The van der Waals surface area contributed by atoms with Crippen molar-refractivity contribution in [3.8, 4) is 0 Å². The highest BCUT2D eigenvalue weighted by atomic mass is 16.7. The summed E-state index contributed by atoms with van der Waals surface area (Å²) in [6.07, 6.45) is 8.22. The van der Waals surface area contributed by atoms with Crippen molar-refractivity contribution in [2.75, 3.05) is 6.61 Å². The smallest absolute Gasteiger partial charge is 0.278 e. The molecule has 0 unspecified atom stereocenters. The molecule has 1 saturated heterocycles. The normalized spacial score (nSPS) is 21.1. The molecule has 0 saturated carbocycles. The second-order valence-electron chi connectivity index (χ2n) is 4.79. The number of hydroxylamine groups is 2. The van der Waals surface area contributed by atoms with Gasteiger partial charge in [0.1, 0.15) is 5.60 Å². The molecule has 1 aliphatic rings. The van der Waals surface area contributed by atoms with Crippen LogP contribution in [0.15, 0.2) is 36.5 Å². The first-order chi connectivity index (χ1) is 8.38. The average Bonchev–Trinajstić information content (AvgIpc) is 2.75. The quantitative estimate of drug-likeness (QED) is 0.777. The second kappa shape index (κ2) is 5.98. The molecule has 1 atom stereocenters. The number of hydrogen-bond donors (Lipinski definition) is 1. The van der Waals surface area contributed by atoms with Crippen LogP contribution in [0.3, 0.4) is 0 Å². The summed E-state index contributed by atoms with van der Waals surface area (Å²) in [6, 6.07) is -0.203. The first-order valence-electron chi connectivity index (χ1n) is 6.05. The van der Waals surface area contributed by atoms with Crippen LogP contribution >= 0.6 is 0 Å². The number of allylic oxidation sites excluding steroid dienone is 3. The maximum atomic E-state index is 12.0. The Hall–Kier alpha value is -1.39. The summed E-state index contributed by atoms with van der Waals surface area (Å²) in [5.74, 6) is -0.439. The Bertz CT molecular complexity index is 377. The van der Waals surface area contributed by atoms with E-state index < -0.39 is 11.5 Å². The molecule has 18 heavy (non-hydrogen) atoms. The second-order valence-corrected chi connectivity index (χ2v) is 4.79. The fourth-order valence-electron chi connectivity index (χ4n) is 1.68. The highest BCUT2D eigenvalue weighted by Crippen LogP contribution is 2.24. The summed E-state index contributed by atoms with van der Waals surface area (Å²) >= 11 is 0. The van der Waals surface area contributed by atoms with Crippen molar-refractivity contribution in [2.24, 2.45) is 0 Å². The molecular weight excluding hydrogens is 230 g/mol. The van der Waals surface area contributed by atoms with Gasteiger partial charge in [-0.15, -0.1) is 0 Å². The van der Waals surface area contributed by atoms with Crippen molar-refractivity contribution in [2.45, 2.75) is 38.8 Å². The topological polar surface area (TPSA) is 49.8 Å². The monoisotopic (exact) mass is 251 g/mol. The third kappa shape index (κ3) is 3.55. The number of carbonyl (C=O) groups is 1. The van der Waals surface area contributed by atoms with Crippen LogP contribution in [0.4, 0.5) is 0 Å². The van der Waals surface area contributed by atoms with Gasteiger partial charge in [0.05, 0.1) is 12.6 Å². The van der Waals surface area contributed by atoms with Crippen LogP contribution in [-0.2, 0) is 9.63 Å². The lowest BCUT2D eigenvalue weighted by Gasteiger charge is -2.28. The Morgan fingerprint density at radius 2 is 2.17 bits per heavy atom. The van der Waals surface area contributed by atoms with Crippen LogP contribution in [0, 0.1) is 0 Å². The lowest BCUT2D eigenvalue weighted by atomic mass is 10.0. The van der Waals surface area contributed by atoms with Gasteiger partial charge in [-0.3, -0.25) is 9.63 Å². The lowest BCUT2D eigenvalue weighted by molar-refractivity contribution is -0.190. The predicted molar refractivity (Wildman–Crippen MR) is 70.6 cm³/mol. The molecule has 0 spiro atoms. The molecule has 0 aliphatic carbocycles. The molecule has 1 heterocycles. The number of rotatable bonds is 4. The standard InChI is InChI=1S/C14H21NO3/c1-5-6-7-8-11(2)12-9-10-18-15(12)13(16)14(3,4)17/h5-8,12,17H,2,9-10H2,1,3-4H3/b6-5-,8-7-/t12-/m0/s1.